The molecule has 0 aromatic heterocycles. The fourth-order valence-corrected chi connectivity index (χ4v) is 1.79. The molecule has 0 amide bonds. The summed E-state index contributed by atoms with van der Waals surface area (Å²) in [6.45, 7) is 0. The molecule has 7 nitrogen and oxygen atoms in total. The summed E-state index contributed by atoms with van der Waals surface area (Å²) in [5.74, 6) is -0.175. The van der Waals surface area contributed by atoms with E-state index in [1.165, 1.54) is 24.3 Å². The van der Waals surface area contributed by atoms with Gasteiger partial charge in [0.15, 0.2) is 0 Å². The van der Waals surface area contributed by atoms with Crippen molar-refractivity contribution in [2.24, 2.45) is 0 Å². The molecule has 0 aliphatic heterocycles. The van der Waals surface area contributed by atoms with Crippen molar-refractivity contribution in [3.8, 4) is 16.9 Å². The topological polar surface area (TPSA) is 107 Å². The predicted octanol–water partition coefficient (Wildman–Crippen LogP) is 2.88. The lowest BCUT2D eigenvalue weighted by molar-refractivity contribution is -0.422. The maximum Gasteiger partial charge on any atom is 0.353 e. The molecule has 0 atom stereocenters. The second kappa shape index (κ2) is 4.73. The van der Waals surface area contributed by atoms with Crippen molar-refractivity contribution in [3.63, 3.8) is 0 Å². The van der Waals surface area contributed by atoms with Crippen LogP contribution in [0.2, 0.25) is 0 Å². The van der Waals surface area contributed by atoms with E-state index in [1.807, 2.05) is 0 Å². The zero-order valence-electron chi connectivity index (χ0n) is 9.52. The Morgan fingerprint density at radius 1 is 0.842 bits per heavy atom. The predicted molar refractivity (Wildman–Crippen MR) is 66.9 cm³/mol. The Labute approximate surface area is 107 Å². The van der Waals surface area contributed by atoms with Crippen molar-refractivity contribution < 1.29 is 15.0 Å². The Bertz CT molecular complexity index is 669. The number of phenolic OH excluding ortho intramolecular Hbond substituents is 1. The number of nitro benzene ring substituents is 2. The maximum atomic E-state index is 11.1. The van der Waals surface area contributed by atoms with Gasteiger partial charge in [-0.3, -0.25) is 20.2 Å². The van der Waals surface area contributed by atoms with E-state index in [0.717, 1.165) is 6.07 Å². The van der Waals surface area contributed by atoms with Gasteiger partial charge in [0.2, 0.25) is 0 Å². The summed E-state index contributed by atoms with van der Waals surface area (Å²) in [7, 11) is 0. The van der Waals surface area contributed by atoms with Gasteiger partial charge in [0, 0.05) is 11.6 Å². The van der Waals surface area contributed by atoms with Crippen LogP contribution < -0.4 is 0 Å². The van der Waals surface area contributed by atoms with E-state index >= 15 is 0 Å². The van der Waals surface area contributed by atoms with Gasteiger partial charge >= 0.3 is 11.4 Å². The molecule has 0 fully saturated rings. The van der Waals surface area contributed by atoms with Crippen LogP contribution in [-0.2, 0) is 0 Å². The molecule has 0 saturated heterocycles. The van der Waals surface area contributed by atoms with Gasteiger partial charge in [0.1, 0.15) is 5.75 Å². The van der Waals surface area contributed by atoms with Crippen LogP contribution in [0.5, 0.6) is 5.75 Å². The van der Waals surface area contributed by atoms with Gasteiger partial charge in [-0.2, -0.15) is 0 Å². The number of hydrogen-bond donors (Lipinski definition) is 1. The molecule has 7 heteroatoms. The first kappa shape index (κ1) is 12.5. The number of benzene rings is 2. The number of rotatable bonds is 3. The van der Waals surface area contributed by atoms with Crippen molar-refractivity contribution in [3.05, 3.63) is 62.7 Å². The highest BCUT2D eigenvalue weighted by atomic mass is 16.6. The zero-order chi connectivity index (χ0) is 14.0. The molecule has 19 heavy (non-hydrogen) atoms. The van der Waals surface area contributed by atoms with E-state index in [2.05, 4.69) is 0 Å². The summed E-state index contributed by atoms with van der Waals surface area (Å²) in [5.41, 5.74) is -1.05. The molecule has 0 radical (unpaired) electrons. The van der Waals surface area contributed by atoms with E-state index < -0.39 is 21.2 Å². The lowest BCUT2D eigenvalue weighted by atomic mass is 10.0. The van der Waals surface area contributed by atoms with Crippen LogP contribution in [0.25, 0.3) is 11.1 Å². The Morgan fingerprint density at radius 3 is 2.05 bits per heavy atom. The summed E-state index contributed by atoms with van der Waals surface area (Å²) in [4.78, 5) is 20.2. The molecule has 2 aromatic carbocycles. The minimum absolute atomic E-state index is 0.0114. The van der Waals surface area contributed by atoms with Gasteiger partial charge < -0.3 is 5.11 Å². The third-order valence-electron chi connectivity index (χ3n) is 2.59. The number of phenols is 1. The maximum absolute atomic E-state index is 11.1. The number of para-hydroxylation sites is 2. The summed E-state index contributed by atoms with van der Waals surface area (Å²) in [6.07, 6.45) is 0. The van der Waals surface area contributed by atoms with Crippen LogP contribution in [0.3, 0.4) is 0 Å². The van der Waals surface area contributed by atoms with Crippen LogP contribution in [0.15, 0.2) is 42.5 Å². The van der Waals surface area contributed by atoms with Crippen molar-refractivity contribution in [1.29, 1.82) is 0 Å². The van der Waals surface area contributed by atoms with Crippen LogP contribution in [0.4, 0.5) is 11.4 Å². The first-order valence-electron chi connectivity index (χ1n) is 5.22. The number of nitro groups is 2. The third-order valence-corrected chi connectivity index (χ3v) is 2.59. The molecular formula is C12H8N2O5. The first-order chi connectivity index (χ1) is 9.02. The van der Waals surface area contributed by atoms with E-state index in [-0.39, 0.29) is 16.9 Å². The zero-order valence-corrected chi connectivity index (χ0v) is 9.52. The molecular weight excluding hydrogens is 252 g/mol. The van der Waals surface area contributed by atoms with Gasteiger partial charge in [-0.15, -0.1) is 0 Å². The number of nitrogens with zero attached hydrogens (tertiary/aromatic N) is 2. The van der Waals surface area contributed by atoms with E-state index in [9.17, 15) is 25.3 Å². The lowest BCUT2D eigenvalue weighted by Gasteiger charge is -2.05. The SMILES string of the molecule is O=[N+]([O-])c1cccc(-c2ccccc2O)c1[N+](=O)[O-]. The van der Waals surface area contributed by atoms with Gasteiger partial charge in [-0.1, -0.05) is 24.3 Å². The van der Waals surface area contributed by atoms with Gasteiger partial charge in [-0.25, -0.2) is 0 Å². The van der Waals surface area contributed by atoms with Crippen molar-refractivity contribution in [2.75, 3.05) is 0 Å². The summed E-state index contributed by atoms with van der Waals surface area (Å²) in [5, 5.41) is 31.6. The molecule has 0 aliphatic rings. The third kappa shape index (κ3) is 2.21. The molecule has 2 aromatic rings. The lowest BCUT2D eigenvalue weighted by Crippen LogP contribution is -1.98. The fourth-order valence-electron chi connectivity index (χ4n) is 1.79. The molecule has 0 unspecified atom stereocenters. The quantitative estimate of drug-likeness (QED) is 0.674. The van der Waals surface area contributed by atoms with Crippen LogP contribution in [-0.4, -0.2) is 15.0 Å². The number of aromatic hydroxyl groups is 1. The van der Waals surface area contributed by atoms with Crippen LogP contribution in [0.1, 0.15) is 0 Å². The largest absolute Gasteiger partial charge is 0.507 e. The van der Waals surface area contributed by atoms with Gasteiger partial charge in [0.05, 0.1) is 15.4 Å². The Morgan fingerprint density at radius 2 is 1.47 bits per heavy atom. The van der Waals surface area contributed by atoms with Gasteiger partial charge in [-0.05, 0) is 12.1 Å². The summed E-state index contributed by atoms with van der Waals surface area (Å²) >= 11 is 0. The average Bonchev–Trinajstić information content (AvgIpc) is 2.38. The minimum Gasteiger partial charge on any atom is -0.507 e. The summed E-state index contributed by atoms with van der Waals surface area (Å²) in [6, 6.07) is 9.72. The molecule has 1 N–H and O–H groups in total. The van der Waals surface area contributed by atoms with Crippen LogP contribution in [0, 0.1) is 20.2 Å². The fraction of sp³-hybridized carbons (Fsp3) is 0. The Kier molecular flexibility index (Phi) is 3.11. The average molecular weight is 260 g/mol. The molecule has 0 heterocycles. The second-order valence-corrected chi connectivity index (χ2v) is 3.70. The van der Waals surface area contributed by atoms with E-state index in [0.29, 0.717) is 0 Å². The highest BCUT2D eigenvalue weighted by Crippen LogP contribution is 2.40. The Hall–Kier alpha value is -2.96. The standard InChI is InChI=1S/C12H8N2O5/c15-11-7-2-1-4-8(11)9-5-3-6-10(13(16)17)12(9)14(18)19/h1-7,15H. The van der Waals surface area contributed by atoms with Gasteiger partial charge in [0.25, 0.3) is 0 Å². The molecule has 2 rings (SSSR count). The van der Waals surface area contributed by atoms with Crippen LogP contribution >= 0.6 is 0 Å². The Balaban J connectivity index is 2.78. The van der Waals surface area contributed by atoms with Crippen molar-refractivity contribution in [2.45, 2.75) is 0 Å². The van der Waals surface area contributed by atoms with E-state index in [1.54, 1.807) is 12.1 Å². The molecule has 0 spiro atoms. The second-order valence-electron chi connectivity index (χ2n) is 3.70. The molecule has 96 valence electrons. The molecule has 0 aliphatic carbocycles. The molecule has 0 bridgehead atoms. The van der Waals surface area contributed by atoms with Crippen molar-refractivity contribution in [1.82, 2.24) is 0 Å². The smallest absolute Gasteiger partial charge is 0.353 e. The minimum atomic E-state index is -0.820. The first-order valence-corrected chi connectivity index (χ1v) is 5.22. The summed E-state index contributed by atoms with van der Waals surface area (Å²) < 4.78 is 0. The normalized spacial score (nSPS) is 10.1. The highest BCUT2D eigenvalue weighted by molar-refractivity contribution is 5.82. The van der Waals surface area contributed by atoms with E-state index in [4.69, 9.17) is 0 Å². The monoisotopic (exact) mass is 260 g/mol. The number of hydrogen-bond acceptors (Lipinski definition) is 5. The highest BCUT2D eigenvalue weighted by Gasteiger charge is 2.29. The van der Waals surface area contributed by atoms with Crippen molar-refractivity contribution >= 4 is 11.4 Å². The molecule has 0 saturated carbocycles.